The summed E-state index contributed by atoms with van der Waals surface area (Å²) in [5.41, 5.74) is 0.411. The number of halogens is 1. The Hall–Kier alpha value is -1.60. The first-order chi connectivity index (χ1) is 6.66. The van der Waals surface area contributed by atoms with Crippen LogP contribution in [0.2, 0.25) is 5.02 Å². The molecule has 1 aromatic rings. The zero-order chi connectivity index (χ0) is 10.6. The zero-order valence-corrected chi connectivity index (χ0v) is 7.99. The molecule has 0 radical (unpaired) electrons. The van der Waals surface area contributed by atoms with E-state index in [1.54, 1.807) is 6.07 Å². The molecule has 0 aromatic heterocycles. The molecule has 0 saturated heterocycles. The van der Waals surface area contributed by atoms with E-state index in [0.717, 1.165) is 0 Å². The maximum Gasteiger partial charge on any atom is 0.274 e. The van der Waals surface area contributed by atoms with Gasteiger partial charge in [-0.05, 0) is 12.5 Å². The van der Waals surface area contributed by atoms with Gasteiger partial charge in [-0.1, -0.05) is 17.7 Å². The smallest absolute Gasteiger partial charge is 0.258 e. The van der Waals surface area contributed by atoms with Crippen LogP contribution in [0.25, 0.3) is 0 Å². The maximum atomic E-state index is 10.6. The van der Waals surface area contributed by atoms with Crippen LogP contribution in [0.1, 0.15) is 12.0 Å². The van der Waals surface area contributed by atoms with Crippen molar-refractivity contribution >= 4 is 17.3 Å². The fourth-order valence-electron chi connectivity index (χ4n) is 1.15. The molecule has 5 heteroatoms. The van der Waals surface area contributed by atoms with Gasteiger partial charge in [0.25, 0.3) is 5.69 Å². The van der Waals surface area contributed by atoms with Crippen LogP contribution in [-0.2, 0) is 6.42 Å². The number of nitriles is 1. The van der Waals surface area contributed by atoms with Crippen molar-refractivity contribution in [3.63, 3.8) is 0 Å². The molecule has 0 N–H and O–H groups in total. The van der Waals surface area contributed by atoms with Crippen molar-refractivity contribution in [2.24, 2.45) is 0 Å². The van der Waals surface area contributed by atoms with Crippen LogP contribution >= 0.6 is 11.6 Å². The van der Waals surface area contributed by atoms with Crippen LogP contribution in [0.4, 0.5) is 5.69 Å². The number of hydrogen-bond donors (Lipinski definition) is 0. The third-order valence-electron chi connectivity index (χ3n) is 1.78. The quantitative estimate of drug-likeness (QED) is 0.569. The third-order valence-corrected chi connectivity index (χ3v) is 2.13. The molecule has 0 fully saturated rings. The second kappa shape index (κ2) is 4.58. The van der Waals surface area contributed by atoms with Gasteiger partial charge in [-0.25, -0.2) is 0 Å². The normalized spacial score (nSPS) is 9.43. The van der Waals surface area contributed by atoms with E-state index in [0.29, 0.717) is 17.0 Å². The highest BCUT2D eigenvalue weighted by atomic mass is 35.5. The van der Waals surface area contributed by atoms with Gasteiger partial charge in [0.05, 0.1) is 16.0 Å². The minimum atomic E-state index is -0.488. The standard InChI is InChI=1S/C9H7ClN2O2/c10-8-4-1-5-9(12(13)14)7(8)3-2-6-11/h1,4-5H,2-3H2. The molecule has 14 heavy (non-hydrogen) atoms. The van der Waals surface area contributed by atoms with Crippen LogP contribution in [0.15, 0.2) is 18.2 Å². The Morgan fingerprint density at radius 3 is 2.86 bits per heavy atom. The Kier molecular flexibility index (Phi) is 3.43. The molecule has 0 aliphatic carbocycles. The summed E-state index contributed by atoms with van der Waals surface area (Å²) >= 11 is 5.80. The first-order valence-electron chi connectivity index (χ1n) is 3.95. The fourth-order valence-corrected chi connectivity index (χ4v) is 1.41. The van der Waals surface area contributed by atoms with E-state index in [-0.39, 0.29) is 12.1 Å². The summed E-state index contributed by atoms with van der Waals surface area (Å²) < 4.78 is 0. The fraction of sp³-hybridized carbons (Fsp3) is 0.222. The average Bonchev–Trinajstić information content (AvgIpc) is 2.15. The third kappa shape index (κ3) is 2.21. The van der Waals surface area contributed by atoms with Crippen molar-refractivity contribution in [3.05, 3.63) is 38.9 Å². The molecular weight excluding hydrogens is 204 g/mol. The number of nitro groups is 1. The van der Waals surface area contributed by atoms with E-state index in [9.17, 15) is 10.1 Å². The Morgan fingerprint density at radius 1 is 1.57 bits per heavy atom. The second-order valence-corrected chi connectivity index (χ2v) is 3.06. The molecule has 0 heterocycles. The van der Waals surface area contributed by atoms with Crippen molar-refractivity contribution in [2.45, 2.75) is 12.8 Å². The van der Waals surface area contributed by atoms with Gasteiger partial charge in [0.15, 0.2) is 0 Å². The lowest BCUT2D eigenvalue weighted by Crippen LogP contribution is -1.96. The highest BCUT2D eigenvalue weighted by molar-refractivity contribution is 6.31. The number of benzene rings is 1. The van der Waals surface area contributed by atoms with Gasteiger partial charge in [-0.2, -0.15) is 5.26 Å². The molecule has 1 aromatic carbocycles. The molecule has 1 rings (SSSR count). The highest BCUT2D eigenvalue weighted by Crippen LogP contribution is 2.27. The predicted octanol–water partition coefficient (Wildman–Crippen LogP) is 2.70. The van der Waals surface area contributed by atoms with E-state index < -0.39 is 4.92 Å². The summed E-state index contributed by atoms with van der Waals surface area (Å²) in [7, 11) is 0. The van der Waals surface area contributed by atoms with Gasteiger partial charge < -0.3 is 0 Å². The molecule has 0 saturated carbocycles. The van der Waals surface area contributed by atoms with Crippen LogP contribution < -0.4 is 0 Å². The topological polar surface area (TPSA) is 66.9 Å². The van der Waals surface area contributed by atoms with E-state index in [1.165, 1.54) is 12.1 Å². The lowest BCUT2D eigenvalue weighted by Gasteiger charge is -2.01. The Bertz CT molecular complexity index is 398. The van der Waals surface area contributed by atoms with Crippen LogP contribution in [0.3, 0.4) is 0 Å². The van der Waals surface area contributed by atoms with Crippen molar-refractivity contribution in [2.75, 3.05) is 0 Å². The monoisotopic (exact) mass is 210 g/mol. The number of nitrogens with zero attached hydrogens (tertiary/aromatic N) is 2. The van der Waals surface area contributed by atoms with Gasteiger partial charge in [-0.3, -0.25) is 10.1 Å². The maximum absolute atomic E-state index is 10.6. The number of rotatable bonds is 3. The number of nitro benzene ring substituents is 1. The summed E-state index contributed by atoms with van der Waals surface area (Å²) in [5.74, 6) is 0. The highest BCUT2D eigenvalue weighted by Gasteiger charge is 2.15. The van der Waals surface area contributed by atoms with Gasteiger partial charge >= 0.3 is 0 Å². The molecule has 0 aliphatic heterocycles. The van der Waals surface area contributed by atoms with E-state index in [1.807, 2.05) is 6.07 Å². The SMILES string of the molecule is N#CCCc1c(Cl)cccc1[N+](=O)[O-]. The van der Waals surface area contributed by atoms with Gasteiger partial charge in [0, 0.05) is 18.1 Å². The molecule has 0 amide bonds. The van der Waals surface area contributed by atoms with Crippen molar-refractivity contribution in [1.29, 1.82) is 5.26 Å². The largest absolute Gasteiger partial charge is 0.274 e. The molecule has 0 aliphatic rings. The van der Waals surface area contributed by atoms with Crippen molar-refractivity contribution in [3.8, 4) is 6.07 Å². The van der Waals surface area contributed by atoms with E-state index in [2.05, 4.69) is 0 Å². The molecule has 0 bridgehead atoms. The minimum absolute atomic E-state index is 0.0206. The molecule has 0 unspecified atom stereocenters. The summed E-state index contributed by atoms with van der Waals surface area (Å²) in [6.45, 7) is 0. The van der Waals surface area contributed by atoms with Crippen molar-refractivity contribution < 1.29 is 4.92 Å². The molecular formula is C9H7ClN2O2. The lowest BCUT2D eigenvalue weighted by atomic mass is 10.1. The van der Waals surface area contributed by atoms with Crippen LogP contribution in [0.5, 0.6) is 0 Å². The molecule has 0 spiro atoms. The Balaban J connectivity index is 3.10. The zero-order valence-electron chi connectivity index (χ0n) is 7.24. The van der Waals surface area contributed by atoms with Gasteiger partial charge in [-0.15, -0.1) is 0 Å². The lowest BCUT2D eigenvalue weighted by molar-refractivity contribution is -0.385. The predicted molar refractivity (Wildman–Crippen MR) is 52.0 cm³/mol. The summed E-state index contributed by atoms with van der Waals surface area (Å²) in [6.07, 6.45) is 0.539. The molecule has 4 nitrogen and oxygen atoms in total. The second-order valence-electron chi connectivity index (χ2n) is 2.65. The van der Waals surface area contributed by atoms with Gasteiger partial charge in [0.1, 0.15) is 0 Å². The summed E-state index contributed by atoms with van der Waals surface area (Å²) in [6, 6.07) is 6.42. The van der Waals surface area contributed by atoms with Crippen LogP contribution in [0, 0.1) is 21.4 Å². The average molecular weight is 211 g/mol. The Labute approximate surface area is 85.9 Å². The van der Waals surface area contributed by atoms with Crippen LogP contribution in [-0.4, -0.2) is 4.92 Å². The molecule has 0 atom stereocenters. The minimum Gasteiger partial charge on any atom is -0.258 e. The summed E-state index contributed by atoms with van der Waals surface area (Å²) in [5, 5.41) is 19.3. The van der Waals surface area contributed by atoms with Gasteiger partial charge in [0.2, 0.25) is 0 Å². The first kappa shape index (κ1) is 10.5. The number of hydrogen-bond acceptors (Lipinski definition) is 3. The summed E-state index contributed by atoms with van der Waals surface area (Å²) in [4.78, 5) is 10.1. The Morgan fingerprint density at radius 2 is 2.29 bits per heavy atom. The first-order valence-corrected chi connectivity index (χ1v) is 4.33. The van der Waals surface area contributed by atoms with E-state index >= 15 is 0 Å². The molecule has 72 valence electrons. The van der Waals surface area contributed by atoms with E-state index in [4.69, 9.17) is 16.9 Å². The van der Waals surface area contributed by atoms with Crippen molar-refractivity contribution in [1.82, 2.24) is 0 Å².